The van der Waals surface area contributed by atoms with Gasteiger partial charge in [0.25, 0.3) is 5.56 Å². The predicted molar refractivity (Wildman–Crippen MR) is 164 cm³/mol. The average Bonchev–Trinajstić information content (AvgIpc) is 3.02. The lowest BCUT2D eigenvalue weighted by atomic mass is 10.1. The summed E-state index contributed by atoms with van der Waals surface area (Å²) in [5.41, 5.74) is 4.22. The smallest absolute Gasteiger partial charge is 0.263 e. The fraction of sp³-hybridized carbons (Fsp3) is 0.0286. The molecule has 6 aromatic rings. The van der Waals surface area contributed by atoms with Gasteiger partial charge in [-0.25, -0.2) is 15.0 Å². The third-order valence-electron chi connectivity index (χ3n) is 6.34. The van der Waals surface area contributed by atoms with Crippen LogP contribution in [0.15, 0.2) is 145 Å². The van der Waals surface area contributed by atoms with Gasteiger partial charge in [0.2, 0.25) is 0 Å². The van der Waals surface area contributed by atoms with Gasteiger partial charge in [-0.05, 0) is 36.6 Å². The maximum atomic E-state index is 13.4. The Labute approximate surface area is 233 Å². The first-order valence-corrected chi connectivity index (χ1v) is 12.9. The SMILES string of the molecule is C=CC=C.Cc1cc2ccccc2c(=O)n1-c1cccc(-c2nc(-c3ccccc3)nc(-c3ccccc3)n2)c1. The minimum Gasteiger partial charge on any atom is -0.281 e. The molecule has 40 heavy (non-hydrogen) atoms. The fourth-order valence-corrected chi connectivity index (χ4v) is 4.43. The molecule has 0 aliphatic carbocycles. The molecule has 0 N–H and O–H groups in total. The van der Waals surface area contributed by atoms with Gasteiger partial charge in [-0.3, -0.25) is 9.36 Å². The summed E-state index contributed by atoms with van der Waals surface area (Å²) in [6, 6.07) is 37.3. The van der Waals surface area contributed by atoms with E-state index in [1.54, 1.807) is 16.7 Å². The quantitative estimate of drug-likeness (QED) is 0.217. The van der Waals surface area contributed by atoms with E-state index in [1.807, 2.05) is 122 Å². The number of nitrogens with zero attached hydrogens (tertiary/aromatic N) is 4. The molecule has 0 aliphatic rings. The normalized spacial score (nSPS) is 10.4. The van der Waals surface area contributed by atoms with Crippen LogP contribution in [0.5, 0.6) is 0 Å². The van der Waals surface area contributed by atoms with E-state index in [0.717, 1.165) is 33.5 Å². The van der Waals surface area contributed by atoms with Gasteiger partial charge in [-0.15, -0.1) is 0 Å². The molecule has 0 unspecified atom stereocenters. The van der Waals surface area contributed by atoms with Crippen LogP contribution in [0.3, 0.4) is 0 Å². The van der Waals surface area contributed by atoms with Crippen molar-refractivity contribution in [3.05, 3.63) is 157 Å². The molecule has 2 aromatic heterocycles. The van der Waals surface area contributed by atoms with Crippen LogP contribution in [0.1, 0.15) is 5.69 Å². The second kappa shape index (κ2) is 12.0. The van der Waals surface area contributed by atoms with Crippen molar-refractivity contribution in [2.45, 2.75) is 6.92 Å². The van der Waals surface area contributed by atoms with Crippen molar-refractivity contribution >= 4 is 10.8 Å². The Balaban J connectivity index is 0.000000758. The molecule has 0 amide bonds. The number of rotatable bonds is 5. The van der Waals surface area contributed by atoms with E-state index in [0.29, 0.717) is 22.9 Å². The minimum atomic E-state index is -0.0478. The van der Waals surface area contributed by atoms with Crippen LogP contribution in [-0.4, -0.2) is 19.5 Å². The van der Waals surface area contributed by atoms with E-state index in [2.05, 4.69) is 13.2 Å². The minimum absolute atomic E-state index is 0.0478. The van der Waals surface area contributed by atoms with E-state index in [1.165, 1.54) is 0 Å². The van der Waals surface area contributed by atoms with Gasteiger partial charge in [0, 0.05) is 33.5 Å². The zero-order chi connectivity index (χ0) is 27.9. The van der Waals surface area contributed by atoms with Crippen molar-refractivity contribution in [3.63, 3.8) is 0 Å². The molecule has 0 saturated heterocycles. The van der Waals surface area contributed by atoms with Crippen LogP contribution in [-0.2, 0) is 0 Å². The number of fused-ring (bicyclic) bond motifs is 1. The number of hydrogen-bond acceptors (Lipinski definition) is 4. The topological polar surface area (TPSA) is 60.7 Å². The molecule has 4 aromatic carbocycles. The van der Waals surface area contributed by atoms with E-state index in [-0.39, 0.29) is 5.56 Å². The molecule has 0 spiro atoms. The van der Waals surface area contributed by atoms with E-state index in [4.69, 9.17) is 15.0 Å². The summed E-state index contributed by atoms with van der Waals surface area (Å²) in [7, 11) is 0. The largest absolute Gasteiger partial charge is 0.281 e. The van der Waals surface area contributed by atoms with Crippen LogP contribution >= 0.6 is 0 Å². The van der Waals surface area contributed by atoms with Gasteiger partial charge in [0.05, 0.1) is 0 Å². The Morgan fingerprint density at radius 1 is 0.600 bits per heavy atom. The van der Waals surface area contributed by atoms with Crippen molar-refractivity contribution in [1.82, 2.24) is 19.5 Å². The highest BCUT2D eigenvalue weighted by Gasteiger charge is 2.14. The molecule has 5 nitrogen and oxygen atoms in total. The number of pyridine rings is 1. The van der Waals surface area contributed by atoms with E-state index < -0.39 is 0 Å². The first-order valence-electron chi connectivity index (χ1n) is 12.9. The standard InChI is InChI=1S/C31H22N4O.C4H6/c1-21-19-24-15-8-9-18-27(24)31(36)35(21)26-17-10-16-25(20-26)30-33-28(22-11-4-2-5-12-22)32-29(34-30)23-13-6-3-7-14-23;1-3-4-2/h2-20H,1H3;3-4H,1-2H2. The Morgan fingerprint density at radius 3 is 1.68 bits per heavy atom. The number of aromatic nitrogens is 4. The number of aryl methyl sites for hydroxylation is 1. The lowest BCUT2D eigenvalue weighted by molar-refractivity contribution is 0.950. The summed E-state index contributed by atoms with van der Waals surface area (Å²) < 4.78 is 1.74. The number of hydrogen-bond donors (Lipinski definition) is 0. The van der Waals surface area contributed by atoms with Gasteiger partial charge in [0.15, 0.2) is 17.5 Å². The molecule has 0 bridgehead atoms. The first-order chi connectivity index (χ1) is 19.6. The van der Waals surface area contributed by atoms with Crippen LogP contribution < -0.4 is 5.56 Å². The van der Waals surface area contributed by atoms with Crippen LogP contribution in [0.4, 0.5) is 0 Å². The second-order valence-electron chi connectivity index (χ2n) is 9.07. The Hall–Kier alpha value is -5.42. The van der Waals surface area contributed by atoms with Gasteiger partial charge in [0.1, 0.15) is 0 Å². The van der Waals surface area contributed by atoms with Gasteiger partial charge in [-0.2, -0.15) is 0 Å². The van der Waals surface area contributed by atoms with Gasteiger partial charge in [-0.1, -0.05) is 116 Å². The van der Waals surface area contributed by atoms with Crippen molar-refractivity contribution in [2.75, 3.05) is 0 Å². The monoisotopic (exact) mass is 520 g/mol. The third kappa shape index (κ3) is 5.54. The van der Waals surface area contributed by atoms with Crippen molar-refractivity contribution in [3.8, 4) is 39.9 Å². The Kier molecular flexibility index (Phi) is 7.84. The van der Waals surface area contributed by atoms with Crippen LogP contribution in [0, 0.1) is 6.92 Å². The molecule has 0 fully saturated rings. The molecule has 0 atom stereocenters. The summed E-state index contributed by atoms with van der Waals surface area (Å²) in [6.45, 7) is 8.67. The number of allylic oxidation sites excluding steroid dienone is 2. The molecule has 194 valence electrons. The van der Waals surface area contributed by atoms with Crippen molar-refractivity contribution in [2.24, 2.45) is 0 Å². The molecule has 0 saturated carbocycles. The second-order valence-corrected chi connectivity index (χ2v) is 9.07. The zero-order valence-electron chi connectivity index (χ0n) is 22.2. The number of benzene rings is 4. The first kappa shape index (κ1) is 26.2. The maximum Gasteiger partial charge on any atom is 0.263 e. The fourth-order valence-electron chi connectivity index (χ4n) is 4.43. The highest BCUT2D eigenvalue weighted by Crippen LogP contribution is 2.26. The highest BCUT2D eigenvalue weighted by molar-refractivity contribution is 5.82. The van der Waals surface area contributed by atoms with Crippen molar-refractivity contribution in [1.29, 1.82) is 0 Å². The molecule has 0 aliphatic heterocycles. The lowest BCUT2D eigenvalue weighted by Crippen LogP contribution is -2.20. The van der Waals surface area contributed by atoms with Crippen LogP contribution in [0.2, 0.25) is 0 Å². The molecule has 6 rings (SSSR count). The average molecular weight is 521 g/mol. The summed E-state index contributed by atoms with van der Waals surface area (Å²) in [5.74, 6) is 1.75. The van der Waals surface area contributed by atoms with E-state index in [9.17, 15) is 4.79 Å². The molecule has 2 heterocycles. The van der Waals surface area contributed by atoms with Crippen molar-refractivity contribution < 1.29 is 0 Å². The Morgan fingerprint density at radius 2 is 1.10 bits per heavy atom. The highest BCUT2D eigenvalue weighted by atomic mass is 16.1. The lowest BCUT2D eigenvalue weighted by Gasteiger charge is -2.13. The summed E-state index contributed by atoms with van der Waals surface area (Å²) in [5, 5.41) is 1.62. The summed E-state index contributed by atoms with van der Waals surface area (Å²) in [4.78, 5) is 27.8. The summed E-state index contributed by atoms with van der Waals surface area (Å²) in [6.07, 6.45) is 3.28. The van der Waals surface area contributed by atoms with Gasteiger partial charge < -0.3 is 0 Å². The Bertz CT molecular complexity index is 1790. The maximum absolute atomic E-state index is 13.4. The summed E-state index contributed by atoms with van der Waals surface area (Å²) >= 11 is 0. The van der Waals surface area contributed by atoms with Crippen LogP contribution in [0.25, 0.3) is 50.6 Å². The molecular formula is C35H28N4O. The molecule has 0 radical (unpaired) electrons. The van der Waals surface area contributed by atoms with E-state index >= 15 is 0 Å². The predicted octanol–water partition coefficient (Wildman–Crippen LogP) is 7.84. The molecular weight excluding hydrogens is 492 g/mol. The molecule has 5 heteroatoms. The zero-order valence-corrected chi connectivity index (χ0v) is 22.2. The third-order valence-corrected chi connectivity index (χ3v) is 6.34. The van der Waals surface area contributed by atoms with Gasteiger partial charge >= 0.3 is 0 Å².